The summed E-state index contributed by atoms with van der Waals surface area (Å²) in [7, 11) is 0. The normalized spacial score (nSPS) is 13.9. The van der Waals surface area contributed by atoms with Crippen molar-refractivity contribution in [1.82, 2.24) is 5.32 Å². The number of rotatable bonds is 8. The highest BCUT2D eigenvalue weighted by atomic mass is 35.5. The van der Waals surface area contributed by atoms with E-state index in [1.54, 1.807) is 0 Å². The van der Waals surface area contributed by atoms with Gasteiger partial charge in [0.15, 0.2) is 0 Å². The summed E-state index contributed by atoms with van der Waals surface area (Å²) in [5.41, 5.74) is 0. The first kappa shape index (κ1) is 14.2. The minimum absolute atomic E-state index is 0.322. The summed E-state index contributed by atoms with van der Waals surface area (Å²) >= 11 is 5.73. The molecule has 0 bridgehead atoms. The van der Waals surface area contributed by atoms with Crippen molar-refractivity contribution in [2.75, 3.05) is 19.0 Å². The smallest absolute Gasteiger partial charge is 0.0594 e. The highest BCUT2D eigenvalue weighted by Gasteiger charge is 2.11. The first-order valence-electron chi connectivity index (χ1n) is 5.48. The van der Waals surface area contributed by atoms with E-state index in [9.17, 15) is 0 Å². The topological polar surface area (TPSA) is 21.3 Å². The number of hydrogen-bond acceptors (Lipinski definition) is 2. The summed E-state index contributed by atoms with van der Waals surface area (Å²) in [4.78, 5) is 0. The molecule has 2 nitrogen and oxygen atoms in total. The van der Waals surface area contributed by atoms with Crippen molar-refractivity contribution in [1.29, 1.82) is 0 Å². The van der Waals surface area contributed by atoms with Gasteiger partial charge in [-0.1, -0.05) is 13.8 Å². The van der Waals surface area contributed by atoms with E-state index in [-0.39, 0.29) is 0 Å². The molecule has 0 aromatic carbocycles. The molecule has 0 aromatic rings. The molecule has 86 valence electrons. The highest BCUT2D eigenvalue weighted by molar-refractivity contribution is 6.17. The Morgan fingerprint density at radius 3 is 2.29 bits per heavy atom. The van der Waals surface area contributed by atoms with Crippen molar-refractivity contribution in [3.8, 4) is 0 Å². The van der Waals surface area contributed by atoms with E-state index >= 15 is 0 Å². The Morgan fingerprint density at radius 2 is 1.86 bits per heavy atom. The fourth-order valence-corrected chi connectivity index (χ4v) is 1.56. The predicted molar refractivity (Wildman–Crippen MR) is 63.1 cm³/mol. The van der Waals surface area contributed by atoms with Gasteiger partial charge in [-0.05, 0) is 26.2 Å². The summed E-state index contributed by atoms with van der Waals surface area (Å²) < 4.78 is 5.45. The molecule has 0 fully saturated rings. The largest absolute Gasteiger partial charge is 0.377 e. The summed E-state index contributed by atoms with van der Waals surface area (Å²) in [6.07, 6.45) is 1.35. The van der Waals surface area contributed by atoms with Crippen LogP contribution in [-0.4, -0.2) is 31.2 Å². The average Bonchev–Trinajstić information content (AvgIpc) is 2.09. The van der Waals surface area contributed by atoms with Crippen molar-refractivity contribution in [3.63, 3.8) is 0 Å². The predicted octanol–water partition coefficient (Wildman–Crippen LogP) is 2.65. The second-order valence-electron chi connectivity index (χ2n) is 4.20. The average molecular weight is 222 g/mol. The van der Waals surface area contributed by atoms with Gasteiger partial charge in [0, 0.05) is 18.5 Å². The maximum atomic E-state index is 5.73. The molecule has 3 heteroatoms. The van der Waals surface area contributed by atoms with Gasteiger partial charge in [0.05, 0.1) is 12.7 Å². The van der Waals surface area contributed by atoms with Gasteiger partial charge in [0.2, 0.25) is 0 Å². The van der Waals surface area contributed by atoms with Crippen LogP contribution in [-0.2, 0) is 4.74 Å². The van der Waals surface area contributed by atoms with Gasteiger partial charge in [0.25, 0.3) is 0 Å². The molecule has 0 aliphatic heterocycles. The van der Waals surface area contributed by atoms with Crippen LogP contribution in [0.1, 0.15) is 34.1 Å². The molecule has 0 aromatic heterocycles. The fraction of sp³-hybridized carbons (Fsp3) is 1.00. The van der Waals surface area contributed by atoms with E-state index < -0.39 is 0 Å². The fourth-order valence-electron chi connectivity index (χ4n) is 1.33. The number of ether oxygens (including phenoxy) is 1. The highest BCUT2D eigenvalue weighted by Crippen LogP contribution is 2.06. The van der Waals surface area contributed by atoms with Crippen molar-refractivity contribution in [3.05, 3.63) is 0 Å². The number of nitrogens with one attached hydrogen (secondary N) is 1. The third-order valence-corrected chi connectivity index (χ3v) is 2.40. The van der Waals surface area contributed by atoms with E-state index in [2.05, 4.69) is 33.0 Å². The van der Waals surface area contributed by atoms with Crippen molar-refractivity contribution in [2.45, 2.75) is 46.3 Å². The van der Waals surface area contributed by atoms with E-state index in [1.807, 2.05) is 0 Å². The second-order valence-corrected chi connectivity index (χ2v) is 4.58. The van der Waals surface area contributed by atoms with Gasteiger partial charge < -0.3 is 10.1 Å². The van der Waals surface area contributed by atoms with Crippen LogP contribution in [0.3, 0.4) is 0 Å². The minimum atomic E-state index is 0.322. The van der Waals surface area contributed by atoms with Crippen LogP contribution in [0.4, 0.5) is 0 Å². The molecule has 1 atom stereocenters. The molecular formula is C11H24ClNO. The first-order valence-corrected chi connectivity index (χ1v) is 6.02. The molecule has 0 aliphatic carbocycles. The van der Waals surface area contributed by atoms with Crippen LogP contribution in [0.5, 0.6) is 0 Å². The van der Waals surface area contributed by atoms with Crippen LogP contribution in [0, 0.1) is 5.92 Å². The summed E-state index contributed by atoms with van der Waals surface area (Å²) in [5.74, 6) is 1.36. The second kappa shape index (κ2) is 8.51. The number of halogens is 1. The minimum Gasteiger partial charge on any atom is -0.377 e. The molecule has 14 heavy (non-hydrogen) atoms. The van der Waals surface area contributed by atoms with Crippen molar-refractivity contribution < 1.29 is 4.74 Å². The molecular weight excluding hydrogens is 198 g/mol. The van der Waals surface area contributed by atoms with Crippen LogP contribution in [0.2, 0.25) is 0 Å². The molecule has 0 radical (unpaired) electrons. The monoisotopic (exact) mass is 221 g/mol. The molecule has 0 rings (SSSR count). The van der Waals surface area contributed by atoms with Crippen LogP contribution in [0.15, 0.2) is 0 Å². The van der Waals surface area contributed by atoms with Gasteiger partial charge in [-0.15, -0.1) is 11.6 Å². The van der Waals surface area contributed by atoms with E-state index in [4.69, 9.17) is 16.3 Å². The third kappa shape index (κ3) is 7.60. The van der Waals surface area contributed by atoms with Gasteiger partial charge >= 0.3 is 0 Å². The zero-order valence-electron chi connectivity index (χ0n) is 9.85. The van der Waals surface area contributed by atoms with Gasteiger partial charge in [-0.2, -0.15) is 0 Å². The van der Waals surface area contributed by atoms with Gasteiger partial charge in [-0.25, -0.2) is 0 Å². The Hall–Kier alpha value is 0.210. The molecule has 0 amide bonds. The molecule has 0 aliphatic rings. The molecule has 1 N–H and O–H groups in total. The lowest BCUT2D eigenvalue weighted by Crippen LogP contribution is -2.36. The number of alkyl halides is 1. The SMILES string of the molecule is CC(C)OCCNC(CCCl)C(C)C. The Balaban J connectivity index is 3.50. The quantitative estimate of drug-likeness (QED) is 0.503. The number of hydrogen-bond donors (Lipinski definition) is 1. The summed E-state index contributed by atoms with van der Waals surface area (Å²) in [6, 6.07) is 0.517. The lowest BCUT2D eigenvalue weighted by Gasteiger charge is -2.21. The summed E-state index contributed by atoms with van der Waals surface area (Å²) in [6.45, 7) is 10.2. The molecule has 0 spiro atoms. The zero-order valence-corrected chi connectivity index (χ0v) is 10.6. The third-order valence-electron chi connectivity index (χ3n) is 2.18. The molecule has 0 heterocycles. The van der Waals surface area contributed by atoms with Crippen LogP contribution >= 0.6 is 11.6 Å². The maximum absolute atomic E-state index is 5.73. The molecule has 0 saturated heterocycles. The Morgan fingerprint density at radius 1 is 1.21 bits per heavy atom. The lowest BCUT2D eigenvalue weighted by molar-refractivity contribution is 0.0783. The Bertz CT molecular complexity index is 128. The Kier molecular flexibility index (Phi) is 8.64. The Labute approximate surface area is 93.4 Å². The molecule has 1 unspecified atom stereocenters. The summed E-state index contributed by atoms with van der Waals surface area (Å²) in [5, 5.41) is 3.47. The lowest BCUT2D eigenvalue weighted by atomic mass is 10.0. The van der Waals surface area contributed by atoms with Crippen LogP contribution < -0.4 is 5.32 Å². The van der Waals surface area contributed by atoms with Gasteiger partial charge in [-0.3, -0.25) is 0 Å². The van der Waals surface area contributed by atoms with Crippen LogP contribution in [0.25, 0.3) is 0 Å². The zero-order chi connectivity index (χ0) is 11.0. The molecule has 0 saturated carbocycles. The van der Waals surface area contributed by atoms with E-state index in [1.165, 1.54) is 0 Å². The van der Waals surface area contributed by atoms with Crippen molar-refractivity contribution in [2.24, 2.45) is 5.92 Å². The maximum Gasteiger partial charge on any atom is 0.0594 e. The van der Waals surface area contributed by atoms with Crippen molar-refractivity contribution >= 4 is 11.6 Å². The standard InChI is InChI=1S/C11H24ClNO/c1-9(2)11(5-6-12)13-7-8-14-10(3)4/h9-11,13H,5-8H2,1-4H3. The van der Waals surface area contributed by atoms with E-state index in [0.717, 1.165) is 25.5 Å². The first-order chi connectivity index (χ1) is 6.57. The van der Waals surface area contributed by atoms with Gasteiger partial charge in [0.1, 0.15) is 0 Å². The van der Waals surface area contributed by atoms with E-state index in [0.29, 0.717) is 18.1 Å².